The number of hydrogen-bond donors (Lipinski definition) is 2. The van der Waals surface area contributed by atoms with Crippen LogP contribution in [0.2, 0.25) is 0 Å². The van der Waals surface area contributed by atoms with Gasteiger partial charge in [0.1, 0.15) is 16.2 Å². The molecule has 0 spiro atoms. The van der Waals surface area contributed by atoms with Crippen LogP contribution in [0.5, 0.6) is 0 Å². The van der Waals surface area contributed by atoms with Crippen molar-refractivity contribution in [3.05, 3.63) is 76.7 Å². The quantitative estimate of drug-likeness (QED) is 0.509. The molecule has 0 atom stereocenters. The van der Waals surface area contributed by atoms with Crippen LogP contribution in [0.4, 0.5) is 5.69 Å². The monoisotopic (exact) mass is 403 g/mol. The van der Waals surface area contributed by atoms with Crippen molar-refractivity contribution in [3.8, 4) is 17.2 Å². The van der Waals surface area contributed by atoms with Crippen molar-refractivity contribution >= 4 is 32.5 Å². The van der Waals surface area contributed by atoms with E-state index in [-0.39, 0.29) is 0 Å². The second-order valence-corrected chi connectivity index (χ2v) is 6.59. The number of benzene rings is 2. The average molecular weight is 404 g/mol. The molecule has 126 valence electrons. The topological polar surface area (TPSA) is 77.4 Å². The molecule has 0 saturated carbocycles. The summed E-state index contributed by atoms with van der Waals surface area (Å²) in [6, 6.07) is 18.1. The first-order valence-electron chi connectivity index (χ1n) is 8.07. The Bertz CT molecular complexity index is 1100. The molecule has 4 aromatic rings. The molecule has 0 amide bonds. The highest BCUT2D eigenvalue weighted by Gasteiger charge is 2.18. The number of pyridine rings is 1. The minimum atomic E-state index is 0.596. The van der Waals surface area contributed by atoms with E-state index in [0.717, 1.165) is 33.3 Å². The Morgan fingerprint density at radius 2 is 2.00 bits per heavy atom. The van der Waals surface area contributed by atoms with Crippen molar-refractivity contribution in [1.29, 1.82) is 5.26 Å². The van der Waals surface area contributed by atoms with Gasteiger partial charge in [0.2, 0.25) is 0 Å². The van der Waals surface area contributed by atoms with Crippen LogP contribution in [0.15, 0.2) is 65.5 Å². The first kappa shape index (κ1) is 16.3. The number of halogens is 1. The molecule has 0 unspecified atom stereocenters. The van der Waals surface area contributed by atoms with E-state index >= 15 is 0 Å². The van der Waals surface area contributed by atoms with Crippen molar-refractivity contribution in [3.63, 3.8) is 0 Å². The predicted octanol–water partition coefficient (Wildman–Crippen LogP) is 4.87. The Kier molecular flexibility index (Phi) is 4.38. The summed E-state index contributed by atoms with van der Waals surface area (Å²) in [5, 5.41) is 21.3. The summed E-state index contributed by atoms with van der Waals surface area (Å²) in [5.74, 6) is 0. The Hall–Kier alpha value is -3.17. The molecular formula is C20H14BrN5. The highest BCUT2D eigenvalue weighted by atomic mass is 79.9. The van der Waals surface area contributed by atoms with Gasteiger partial charge in [-0.3, -0.25) is 10.1 Å². The van der Waals surface area contributed by atoms with Crippen LogP contribution < -0.4 is 5.32 Å². The first-order chi connectivity index (χ1) is 12.8. The zero-order chi connectivity index (χ0) is 17.9. The molecule has 6 heteroatoms. The molecule has 2 aromatic heterocycles. The van der Waals surface area contributed by atoms with Crippen LogP contribution in [0.3, 0.4) is 0 Å². The van der Waals surface area contributed by atoms with Gasteiger partial charge in [-0.1, -0.05) is 36.4 Å². The van der Waals surface area contributed by atoms with Gasteiger partial charge in [0.25, 0.3) is 0 Å². The van der Waals surface area contributed by atoms with E-state index < -0.39 is 0 Å². The van der Waals surface area contributed by atoms with Crippen LogP contribution >= 0.6 is 15.9 Å². The maximum Gasteiger partial charge on any atom is 0.118 e. The number of H-pyrrole nitrogens is 1. The zero-order valence-corrected chi connectivity index (χ0v) is 15.3. The van der Waals surface area contributed by atoms with Crippen molar-refractivity contribution in [2.45, 2.75) is 6.54 Å². The minimum Gasteiger partial charge on any atom is -0.379 e. The second-order valence-electron chi connectivity index (χ2n) is 5.80. The lowest BCUT2D eigenvalue weighted by atomic mass is 9.96. The number of hydrogen-bond acceptors (Lipinski definition) is 4. The maximum absolute atomic E-state index is 9.78. The van der Waals surface area contributed by atoms with E-state index in [0.29, 0.717) is 16.7 Å². The lowest BCUT2D eigenvalue weighted by molar-refractivity contribution is 1.08. The fourth-order valence-corrected chi connectivity index (χ4v) is 3.43. The van der Waals surface area contributed by atoms with Crippen LogP contribution in [-0.4, -0.2) is 15.2 Å². The Balaban J connectivity index is 1.86. The maximum atomic E-state index is 9.78. The van der Waals surface area contributed by atoms with Crippen molar-refractivity contribution in [2.75, 3.05) is 5.32 Å². The molecule has 0 aliphatic carbocycles. The van der Waals surface area contributed by atoms with Crippen LogP contribution in [-0.2, 0) is 6.54 Å². The third-order valence-corrected chi connectivity index (χ3v) is 4.76. The molecule has 5 nitrogen and oxygen atoms in total. The van der Waals surface area contributed by atoms with Crippen molar-refractivity contribution < 1.29 is 0 Å². The van der Waals surface area contributed by atoms with Crippen LogP contribution in [0.1, 0.15) is 11.1 Å². The lowest BCUT2D eigenvalue weighted by Gasteiger charge is -2.12. The Morgan fingerprint density at radius 3 is 2.73 bits per heavy atom. The van der Waals surface area contributed by atoms with Gasteiger partial charge in [0.05, 0.1) is 16.6 Å². The van der Waals surface area contributed by atoms with E-state index in [1.54, 1.807) is 6.20 Å². The third kappa shape index (κ3) is 2.93. The fraction of sp³-hybridized carbons (Fsp3) is 0.0500. The number of nitriles is 1. The van der Waals surface area contributed by atoms with E-state index in [4.69, 9.17) is 0 Å². The summed E-state index contributed by atoms with van der Waals surface area (Å²) in [5.41, 5.74) is 5.13. The lowest BCUT2D eigenvalue weighted by Crippen LogP contribution is -2.01. The fourth-order valence-electron chi connectivity index (χ4n) is 2.96. The number of fused-ring (bicyclic) bond motifs is 1. The number of rotatable bonds is 4. The average Bonchev–Trinajstić information content (AvgIpc) is 3.09. The van der Waals surface area contributed by atoms with Gasteiger partial charge in [0, 0.05) is 24.5 Å². The van der Waals surface area contributed by atoms with E-state index in [1.165, 1.54) is 0 Å². The van der Waals surface area contributed by atoms with Gasteiger partial charge < -0.3 is 5.32 Å². The SMILES string of the molecule is N#Cc1c(-c2ccccc2)cc(NCc2cccnc2)c2n[nH]c(Br)c12. The van der Waals surface area contributed by atoms with Gasteiger partial charge in [0.15, 0.2) is 0 Å². The molecule has 4 rings (SSSR count). The number of anilines is 1. The summed E-state index contributed by atoms with van der Waals surface area (Å²) in [7, 11) is 0. The van der Waals surface area contributed by atoms with E-state index in [1.807, 2.05) is 54.7 Å². The van der Waals surface area contributed by atoms with Crippen molar-refractivity contribution in [2.24, 2.45) is 0 Å². The summed E-state index contributed by atoms with van der Waals surface area (Å²) in [4.78, 5) is 4.14. The first-order valence-corrected chi connectivity index (χ1v) is 8.86. The number of aromatic nitrogens is 3. The van der Waals surface area contributed by atoms with Gasteiger partial charge in [-0.2, -0.15) is 10.4 Å². The third-order valence-electron chi connectivity index (χ3n) is 4.19. The molecule has 0 bridgehead atoms. The summed E-state index contributed by atoms with van der Waals surface area (Å²) < 4.78 is 0.700. The number of nitrogens with zero attached hydrogens (tertiary/aromatic N) is 3. The zero-order valence-electron chi connectivity index (χ0n) is 13.7. The number of aromatic amines is 1. The van der Waals surface area contributed by atoms with Crippen LogP contribution in [0, 0.1) is 11.3 Å². The van der Waals surface area contributed by atoms with Crippen LogP contribution in [0.25, 0.3) is 22.0 Å². The summed E-state index contributed by atoms with van der Waals surface area (Å²) in [6.07, 6.45) is 3.58. The van der Waals surface area contributed by atoms with E-state index in [9.17, 15) is 5.26 Å². The largest absolute Gasteiger partial charge is 0.379 e. The molecule has 2 aromatic carbocycles. The summed E-state index contributed by atoms with van der Waals surface area (Å²) >= 11 is 3.49. The molecule has 0 fully saturated rings. The second kappa shape index (κ2) is 6.98. The van der Waals surface area contributed by atoms with Gasteiger partial charge in [-0.05, 0) is 39.2 Å². The molecule has 2 heterocycles. The van der Waals surface area contributed by atoms with Gasteiger partial charge in [-0.25, -0.2) is 0 Å². The smallest absolute Gasteiger partial charge is 0.118 e. The molecule has 0 aliphatic rings. The summed E-state index contributed by atoms with van der Waals surface area (Å²) in [6.45, 7) is 0.619. The van der Waals surface area contributed by atoms with Gasteiger partial charge >= 0.3 is 0 Å². The Labute approximate surface area is 158 Å². The molecule has 26 heavy (non-hydrogen) atoms. The molecule has 0 radical (unpaired) electrons. The number of nitrogens with one attached hydrogen (secondary N) is 2. The Morgan fingerprint density at radius 1 is 1.15 bits per heavy atom. The molecule has 0 aliphatic heterocycles. The van der Waals surface area contributed by atoms with Crippen molar-refractivity contribution in [1.82, 2.24) is 15.2 Å². The van der Waals surface area contributed by atoms with Gasteiger partial charge in [-0.15, -0.1) is 0 Å². The highest BCUT2D eigenvalue weighted by Crippen LogP contribution is 2.37. The standard InChI is InChI=1S/C20H14BrN5/c21-20-18-16(10-22)15(14-6-2-1-3-7-14)9-17(19(18)25-26-20)24-12-13-5-4-8-23-11-13/h1-9,11,24H,12H2,(H,25,26). The van der Waals surface area contributed by atoms with E-state index in [2.05, 4.69) is 42.5 Å². The molecule has 2 N–H and O–H groups in total. The minimum absolute atomic E-state index is 0.596. The normalized spacial score (nSPS) is 10.6. The molecule has 0 saturated heterocycles. The highest BCUT2D eigenvalue weighted by molar-refractivity contribution is 9.10. The molecular weight excluding hydrogens is 390 g/mol. The predicted molar refractivity (Wildman–Crippen MR) is 106 cm³/mol.